The lowest BCUT2D eigenvalue weighted by Gasteiger charge is -2.07. The molecule has 0 fully saturated rings. The van der Waals surface area contributed by atoms with E-state index in [4.69, 9.17) is 0 Å². The molecule has 5 heteroatoms. The molecule has 2 rings (SSSR count). The van der Waals surface area contributed by atoms with Crippen molar-refractivity contribution in [3.63, 3.8) is 0 Å². The molecule has 0 saturated carbocycles. The summed E-state index contributed by atoms with van der Waals surface area (Å²) >= 11 is 3.18. The first kappa shape index (κ1) is 13.0. The molecule has 1 aromatic carbocycles. The predicted molar refractivity (Wildman–Crippen MR) is 74.3 cm³/mol. The lowest BCUT2D eigenvalue weighted by atomic mass is 10.2. The van der Waals surface area contributed by atoms with Crippen LogP contribution >= 0.6 is 15.9 Å². The minimum absolute atomic E-state index is 0.0495. The molecule has 94 valence electrons. The highest BCUT2D eigenvalue weighted by Crippen LogP contribution is 1.98. The first-order valence-corrected chi connectivity index (χ1v) is 6.51. The van der Waals surface area contributed by atoms with Gasteiger partial charge in [-0.25, -0.2) is 4.98 Å². The lowest BCUT2D eigenvalue weighted by molar-refractivity contribution is 0.577. The van der Waals surface area contributed by atoms with Gasteiger partial charge in [0, 0.05) is 25.8 Å². The quantitative estimate of drug-likeness (QED) is 0.857. The normalized spacial score (nSPS) is 10.5. The van der Waals surface area contributed by atoms with Crippen molar-refractivity contribution < 1.29 is 0 Å². The Bertz CT molecular complexity index is 554. The Labute approximate surface area is 114 Å². The third kappa shape index (κ3) is 3.51. The van der Waals surface area contributed by atoms with E-state index in [0.29, 0.717) is 11.0 Å². The van der Waals surface area contributed by atoms with E-state index in [9.17, 15) is 4.79 Å². The summed E-state index contributed by atoms with van der Waals surface area (Å²) in [6, 6.07) is 10.2. The molecule has 0 amide bonds. The van der Waals surface area contributed by atoms with Crippen molar-refractivity contribution in [1.82, 2.24) is 14.9 Å². The standard InChI is InChI=1S/C13H14BrN3O/c14-12-9-16-10-17(13(12)18)7-6-15-8-11-4-2-1-3-5-11/h1-5,9-10,15H,6-8H2. The molecule has 1 aromatic heterocycles. The number of rotatable bonds is 5. The van der Waals surface area contributed by atoms with Gasteiger partial charge in [0.15, 0.2) is 0 Å². The molecule has 1 N–H and O–H groups in total. The molecule has 0 saturated heterocycles. The van der Waals surface area contributed by atoms with Gasteiger partial charge in [0.2, 0.25) is 0 Å². The fourth-order valence-corrected chi connectivity index (χ4v) is 1.96. The van der Waals surface area contributed by atoms with Gasteiger partial charge in [-0.1, -0.05) is 30.3 Å². The zero-order valence-electron chi connectivity index (χ0n) is 9.84. The summed E-state index contributed by atoms with van der Waals surface area (Å²) in [5.41, 5.74) is 1.18. The fourth-order valence-electron chi connectivity index (χ4n) is 1.61. The molecular formula is C13H14BrN3O. The molecule has 0 radical (unpaired) electrons. The second kappa shape index (κ2) is 6.47. The van der Waals surface area contributed by atoms with Gasteiger partial charge in [-0.05, 0) is 21.5 Å². The number of nitrogens with zero attached hydrogens (tertiary/aromatic N) is 2. The summed E-state index contributed by atoms with van der Waals surface area (Å²) in [4.78, 5) is 15.7. The molecule has 2 aromatic rings. The van der Waals surface area contributed by atoms with Crippen LogP contribution in [0, 0.1) is 0 Å². The Morgan fingerprint density at radius 1 is 1.28 bits per heavy atom. The number of hydrogen-bond acceptors (Lipinski definition) is 3. The average molecular weight is 308 g/mol. The van der Waals surface area contributed by atoms with Crippen LogP contribution in [0.15, 0.2) is 52.1 Å². The van der Waals surface area contributed by atoms with Gasteiger partial charge < -0.3 is 5.32 Å². The summed E-state index contributed by atoms with van der Waals surface area (Å²) in [6.45, 7) is 2.14. The summed E-state index contributed by atoms with van der Waals surface area (Å²) in [6.07, 6.45) is 3.06. The first-order chi connectivity index (χ1) is 8.77. The van der Waals surface area contributed by atoms with Crippen LogP contribution in [0.4, 0.5) is 0 Å². The van der Waals surface area contributed by atoms with Crippen LogP contribution in [0.5, 0.6) is 0 Å². The van der Waals surface area contributed by atoms with E-state index in [1.54, 1.807) is 10.9 Å². The van der Waals surface area contributed by atoms with Crippen LogP contribution in [-0.4, -0.2) is 16.1 Å². The second-order valence-corrected chi connectivity index (χ2v) is 4.76. The maximum Gasteiger partial charge on any atom is 0.267 e. The van der Waals surface area contributed by atoms with Gasteiger partial charge in [-0.15, -0.1) is 0 Å². The third-order valence-corrected chi connectivity index (χ3v) is 3.10. The summed E-state index contributed by atoms with van der Waals surface area (Å²) < 4.78 is 2.08. The predicted octanol–water partition coefficient (Wildman–Crippen LogP) is 1.80. The third-order valence-electron chi connectivity index (χ3n) is 2.56. The van der Waals surface area contributed by atoms with Crippen LogP contribution in [0.25, 0.3) is 0 Å². The van der Waals surface area contributed by atoms with E-state index in [-0.39, 0.29) is 5.56 Å². The first-order valence-electron chi connectivity index (χ1n) is 5.72. The second-order valence-electron chi connectivity index (χ2n) is 3.90. The van der Waals surface area contributed by atoms with Crippen molar-refractivity contribution >= 4 is 15.9 Å². The number of benzene rings is 1. The van der Waals surface area contributed by atoms with Crippen LogP contribution < -0.4 is 10.9 Å². The molecule has 0 aliphatic carbocycles. The van der Waals surface area contributed by atoms with Gasteiger partial charge in [-0.3, -0.25) is 9.36 Å². The summed E-state index contributed by atoms with van der Waals surface area (Å²) in [5.74, 6) is 0. The van der Waals surface area contributed by atoms with Crippen LogP contribution in [0.2, 0.25) is 0 Å². The van der Waals surface area contributed by atoms with Gasteiger partial charge >= 0.3 is 0 Å². The van der Waals surface area contributed by atoms with E-state index >= 15 is 0 Å². The van der Waals surface area contributed by atoms with E-state index in [0.717, 1.165) is 13.1 Å². The Hall–Kier alpha value is -1.46. The van der Waals surface area contributed by atoms with Gasteiger partial charge in [0.05, 0.1) is 6.33 Å². The SMILES string of the molecule is O=c1c(Br)cncn1CCNCc1ccccc1. The van der Waals surface area contributed by atoms with E-state index in [2.05, 4.69) is 38.4 Å². The zero-order valence-corrected chi connectivity index (χ0v) is 11.4. The number of halogens is 1. The van der Waals surface area contributed by atoms with E-state index in [1.807, 2.05) is 18.2 Å². The molecule has 0 aliphatic heterocycles. The highest BCUT2D eigenvalue weighted by molar-refractivity contribution is 9.10. The zero-order chi connectivity index (χ0) is 12.8. The molecule has 18 heavy (non-hydrogen) atoms. The van der Waals surface area contributed by atoms with Crippen molar-refractivity contribution in [3.05, 3.63) is 63.2 Å². The van der Waals surface area contributed by atoms with Gasteiger partial charge in [0.25, 0.3) is 5.56 Å². The van der Waals surface area contributed by atoms with Crippen molar-refractivity contribution in [2.45, 2.75) is 13.1 Å². The molecule has 0 aliphatic rings. The maximum absolute atomic E-state index is 11.7. The molecular weight excluding hydrogens is 294 g/mol. The Balaban J connectivity index is 1.82. The van der Waals surface area contributed by atoms with Crippen molar-refractivity contribution in [1.29, 1.82) is 0 Å². The highest BCUT2D eigenvalue weighted by atomic mass is 79.9. The monoisotopic (exact) mass is 307 g/mol. The minimum atomic E-state index is -0.0495. The van der Waals surface area contributed by atoms with Crippen LogP contribution in [0.1, 0.15) is 5.56 Å². The molecule has 4 nitrogen and oxygen atoms in total. The maximum atomic E-state index is 11.7. The highest BCUT2D eigenvalue weighted by Gasteiger charge is 1.99. The van der Waals surface area contributed by atoms with Crippen molar-refractivity contribution in [2.24, 2.45) is 0 Å². The molecule has 0 atom stereocenters. The largest absolute Gasteiger partial charge is 0.311 e. The van der Waals surface area contributed by atoms with Gasteiger partial charge in [-0.2, -0.15) is 0 Å². The average Bonchev–Trinajstić information content (AvgIpc) is 2.40. The summed E-state index contributed by atoms with van der Waals surface area (Å²) in [7, 11) is 0. The molecule has 0 bridgehead atoms. The molecule has 0 unspecified atom stereocenters. The summed E-state index contributed by atoms with van der Waals surface area (Å²) in [5, 5.41) is 3.29. The smallest absolute Gasteiger partial charge is 0.267 e. The lowest BCUT2D eigenvalue weighted by Crippen LogP contribution is -2.27. The Morgan fingerprint density at radius 3 is 2.83 bits per heavy atom. The number of hydrogen-bond donors (Lipinski definition) is 1. The van der Waals surface area contributed by atoms with Crippen molar-refractivity contribution in [2.75, 3.05) is 6.54 Å². The fraction of sp³-hybridized carbons (Fsp3) is 0.231. The van der Waals surface area contributed by atoms with E-state index < -0.39 is 0 Å². The van der Waals surface area contributed by atoms with Crippen molar-refractivity contribution in [3.8, 4) is 0 Å². The van der Waals surface area contributed by atoms with Gasteiger partial charge in [0.1, 0.15) is 4.47 Å². The molecule has 0 spiro atoms. The minimum Gasteiger partial charge on any atom is -0.311 e. The van der Waals surface area contributed by atoms with Crippen LogP contribution in [0.3, 0.4) is 0 Å². The van der Waals surface area contributed by atoms with E-state index in [1.165, 1.54) is 11.8 Å². The topological polar surface area (TPSA) is 46.9 Å². The Morgan fingerprint density at radius 2 is 2.06 bits per heavy atom. The number of nitrogens with one attached hydrogen (secondary N) is 1. The molecule has 1 heterocycles. The number of aromatic nitrogens is 2. The Kier molecular flexibility index (Phi) is 4.66. The van der Waals surface area contributed by atoms with Crippen LogP contribution in [-0.2, 0) is 13.1 Å².